The maximum absolute atomic E-state index is 12.4. The number of thiazole rings is 1. The van der Waals surface area contributed by atoms with Gasteiger partial charge in [-0.05, 0) is 43.5 Å². The van der Waals surface area contributed by atoms with Gasteiger partial charge in [0.25, 0.3) is 5.91 Å². The van der Waals surface area contributed by atoms with E-state index in [1.165, 1.54) is 11.3 Å². The number of aromatic nitrogens is 2. The molecule has 3 rings (SSSR count). The van der Waals surface area contributed by atoms with E-state index in [1.54, 1.807) is 5.51 Å². The van der Waals surface area contributed by atoms with Crippen LogP contribution in [0.15, 0.2) is 41.9 Å². The molecule has 0 atom stereocenters. The lowest BCUT2D eigenvalue weighted by atomic mass is 10.0. The standard InChI is InChI=1S/C18H17N3OS/c1-11-12(2)20-16(9-15(11)14-7-5-4-6-8-14)21-18(22)17-13(3)19-10-23-17/h4-10H,1-3H3,(H,20,21,22). The van der Waals surface area contributed by atoms with Crippen molar-refractivity contribution in [2.45, 2.75) is 20.8 Å². The third-order valence-electron chi connectivity index (χ3n) is 3.79. The van der Waals surface area contributed by atoms with Crippen molar-refractivity contribution in [3.63, 3.8) is 0 Å². The normalized spacial score (nSPS) is 10.6. The predicted octanol–water partition coefficient (Wildman–Crippen LogP) is 4.38. The number of nitrogens with zero attached hydrogens (tertiary/aromatic N) is 2. The zero-order valence-electron chi connectivity index (χ0n) is 13.3. The summed E-state index contributed by atoms with van der Waals surface area (Å²) in [7, 11) is 0. The zero-order chi connectivity index (χ0) is 16.4. The summed E-state index contributed by atoms with van der Waals surface area (Å²) in [6.45, 7) is 5.83. The van der Waals surface area contributed by atoms with E-state index in [0.717, 1.165) is 28.1 Å². The molecule has 2 heterocycles. The second kappa shape index (κ2) is 6.30. The first-order valence-corrected chi connectivity index (χ1v) is 8.19. The van der Waals surface area contributed by atoms with Crippen molar-refractivity contribution < 1.29 is 4.79 Å². The minimum atomic E-state index is -0.167. The number of amides is 1. The molecular weight excluding hydrogens is 306 g/mol. The SMILES string of the molecule is Cc1ncsc1C(=O)Nc1cc(-c2ccccc2)c(C)c(C)n1. The van der Waals surface area contributed by atoms with E-state index < -0.39 is 0 Å². The zero-order valence-corrected chi connectivity index (χ0v) is 14.1. The summed E-state index contributed by atoms with van der Waals surface area (Å²) in [6, 6.07) is 12.0. The summed E-state index contributed by atoms with van der Waals surface area (Å²) in [4.78, 5) is 21.6. The number of pyridine rings is 1. The van der Waals surface area contributed by atoms with Crippen LogP contribution >= 0.6 is 11.3 Å². The van der Waals surface area contributed by atoms with Gasteiger partial charge in [0, 0.05) is 5.69 Å². The van der Waals surface area contributed by atoms with E-state index in [9.17, 15) is 4.79 Å². The first-order chi connectivity index (χ1) is 11.1. The fourth-order valence-corrected chi connectivity index (χ4v) is 3.11. The third kappa shape index (κ3) is 3.14. The summed E-state index contributed by atoms with van der Waals surface area (Å²) in [5.74, 6) is 0.393. The van der Waals surface area contributed by atoms with Gasteiger partial charge >= 0.3 is 0 Å². The molecule has 0 fully saturated rings. The van der Waals surface area contributed by atoms with Gasteiger partial charge in [0.15, 0.2) is 0 Å². The monoisotopic (exact) mass is 323 g/mol. The minimum absolute atomic E-state index is 0.167. The number of anilines is 1. The van der Waals surface area contributed by atoms with Crippen molar-refractivity contribution >= 4 is 23.1 Å². The second-order valence-electron chi connectivity index (χ2n) is 5.35. The Morgan fingerprint density at radius 2 is 1.83 bits per heavy atom. The molecule has 1 amide bonds. The first-order valence-electron chi connectivity index (χ1n) is 7.31. The molecular formula is C18H17N3OS. The van der Waals surface area contributed by atoms with Crippen molar-refractivity contribution in [2.24, 2.45) is 0 Å². The van der Waals surface area contributed by atoms with Gasteiger partial charge in [-0.1, -0.05) is 30.3 Å². The van der Waals surface area contributed by atoms with Crippen molar-refractivity contribution in [2.75, 3.05) is 5.32 Å². The van der Waals surface area contributed by atoms with Gasteiger partial charge in [-0.15, -0.1) is 11.3 Å². The first kappa shape index (κ1) is 15.4. The lowest BCUT2D eigenvalue weighted by molar-refractivity contribution is 0.102. The number of hydrogen-bond acceptors (Lipinski definition) is 4. The van der Waals surface area contributed by atoms with Gasteiger partial charge in [0.05, 0.1) is 11.2 Å². The van der Waals surface area contributed by atoms with Crippen LogP contribution in [0.4, 0.5) is 5.82 Å². The summed E-state index contributed by atoms with van der Waals surface area (Å²) in [5, 5.41) is 2.88. The van der Waals surface area contributed by atoms with Gasteiger partial charge in [-0.3, -0.25) is 4.79 Å². The number of hydrogen-bond donors (Lipinski definition) is 1. The quantitative estimate of drug-likeness (QED) is 0.778. The fraction of sp³-hybridized carbons (Fsp3) is 0.167. The summed E-state index contributed by atoms with van der Waals surface area (Å²) in [5.41, 5.74) is 6.62. The van der Waals surface area contributed by atoms with Crippen molar-refractivity contribution in [3.05, 3.63) is 63.7 Å². The summed E-state index contributed by atoms with van der Waals surface area (Å²) in [6.07, 6.45) is 0. The smallest absolute Gasteiger partial charge is 0.268 e. The van der Waals surface area contributed by atoms with Gasteiger partial charge in [-0.25, -0.2) is 9.97 Å². The summed E-state index contributed by atoms with van der Waals surface area (Å²) >= 11 is 1.33. The molecule has 116 valence electrons. The lowest BCUT2D eigenvalue weighted by Gasteiger charge is -2.12. The molecule has 0 bridgehead atoms. The Morgan fingerprint density at radius 1 is 1.09 bits per heavy atom. The van der Waals surface area contributed by atoms with Crippen LogP contribution in [0.5, 0.6) is 0 Å². The highest BCUT2D eigenvalue weighted by Crippen LogP contribution is 2.27. The minimum Gasteiger partial charge on any atom is -0.306 e. The van der Waals surface area contributed by atoms with E-state index in [0.29, 0.717) is 10.7 Å². The van der Waals surface area contributed by atoms with Crippen LogP contribution in [-0.2, 0) is 0 Å². The Hall–Kier alpha value is -2.53. The lowest BCUT2D eigenvalue weighted by Crippen LogP contribution is -2.13. The van der Waals surface area contributed by atoms with Crippen LogP contribution in [0.3, 0.4) is 0 Å². The highest BCUT2D eigenvalue weighted by molar-refractivity contribution is 7.12. The Balaban J connectivity index is 1.97. The molecule has 0 aliphatic rings. The average molecular weight is 323 g/mol. The van der Waals surface area contributed by atoms with Crippen LogP contribution in [0, 0.1) is 20.8 Å². The van der Waals surface area contributed by atoms with Crippen LogP contribution in [0.2, 0.25) is 0 Å². The Labute approximate surface area is 139 Å². The maximum Gasteiger partial charge on any atom is 0.268 e. The number of carbonyl (C=O) groups is 1. The molecule has 0 aliphatic carbocycles. The molecule has 2 aromatic heterocycles. The Bertz CT molecular complexity index is 856. The number of carbonyl (C=O) groups excluding carboxylic acids is 1. The topological polar surface area (TPSA) is 54.9 Å². The Kier molecular flexibility index (Phi) is 4.21. The van der Waals surface area contributed by atoms with E-state index in [2.05, 4.69) is 27.4 Å². The van der Waals surface area contributed by atoms with E-state index in [-0.39, 0.29) is 5.91 Å². The molecule has 0 unspecified atom stereocenters. The molecule has 23 heavy (non-hydrogen) atoms. The molecule has 4 nitrogen and oxygen atoms in total. The van der Waals surface area contributed by atoms with Crippen LogP contribution in [-0.4, -0.2) is 15.9 Å². The van der Waals surface area contributed by atoms with Crippen LogP contribution in [0.1, 0.15) is 26.6 Å². The van der Waals surface area contributed by atoms with Crippen LogP contribution < -0.4 is 5.32 Å². The van der Waals surface area contributed by atoms with Crippen LogP contribution in [0.25, 0.3) is 11.1 Å². The Morgan fingerprint density at radius 3 is 2.48 bits per heavy atom. The van der Waals surface area contributed by atoms with Crippen molar-refractivity contribution in [1.82, 2.24) is 9.97 Å². The third-order valence-corrected chi connectivity index (χ3v) is 4.72. The van der Waals surface area contributed by atoms with Gasteiger partial charge in [0.2, 0.25) is 0 Å². The predicted molar refractivity (Wildman–Crippen MR) is 94.0 cm³/mol. The maximum atomic E-state index is 12.4. The molecule has 0 aliphatic heterocycles. The highest BCUT2D eigenvalue weighted by atomic mass is 32.1. The second-order valence-corrected chi connectivity index (χ2v) is 6.21. The number of rotatable bonds is 3. The van der Waals surface area contributed by atoms with Gasteiger partial charge in [-0.2, -0.15) is 0 Å². The fourth-order valence-electron chi connectivity index (χ4n) is 2.41. The molecule has 0 saturated carbocycles. The molecule has 1 aromatic carbocycles. The number of aryl methyl sites for hydroxylation is 2. The molecule has 0 spiro atoms. The van der Waals surface area contributed by atoms with Gasteiger partial charge < -0.3 is 5.32 Å². The number of nitrogens with one attached hydrogen (secondary N) is 1. The van der Waals surface area contributed by atoms with E-state index in [4.69, 9.17) is 0 Å². The molecule has 0 radical (unpaired) electrons. The molecule has 1 N–H and O–H groups in total. The van der Waals surface area contributed by atoms with E-state index >= 15 is 0 Å². The summed E-state index contributed by atoms with van der Waals surface area (Å²) < 4.78 is 0. The molecule has 5 heteroatoms. The van der Waals surface area contributed by atoms with Crippen molar-refractivity contribution in [1.29, 1.82) is 0 Å². The number of benzene rings is 1. The largest absolute Gasteiger partial charge is 0.306 e. The van der Waals surface area contributed by atoms with Gasteiger partial charge in [0.1, 0.15) is 10.7 Å². The van der Waals surface area contributed by atoms with Crippen molar-refractivity contribution in [3.8, 4) is 11.1 Å². The average Bonchev–Trinajstić information content (AvgIpc) is 2.97. The molecule has 0 saturated heterocycles. The molecule has 3 aromatic rings. The van der Waals surface area contributed by atoms with E-state index in [1.807, 2.05) is 45.0 Å². The highest BCUT2D eigenvalue weighted by Gasteiger charge is 2.14.